The van der Waals surface area contributed by atoms with Crippen LogP contribution >= 0.6 is 0 Å². The number of hydrogen-bond acceptors (Lipinski definition) is 5. The largest absolute Gasteiger partial charge is 0.490 e. The third kappa shape index (κ3) is 5.77. The number of carbonyl (C=O) groups excluding carboxylic acids is 1. The van der Waals surface area contributed by atoms with Crippen molar-refractivity contribution < 1.29 is 14.3 Å². The van der Waals surface area contributed by atoms with Crippen LogP contribution in [0.5, 0.6) is 11.5 Å². The maximum Gasteiger partial charge on any atom is 0.255 e. The molecule has 1 amide bonds. The molecule has 0 fully saturated rings. The maximum atomic E-state index is 12.9. The summed E-state index contributed by atoms with van der Waals surface area (Å²) in [5.41, 5.74) is 2.39. The number of ether oxygens (including phenoxy) is 2. The van der Waals surface area contributed by atoms with Gasteiger partial charge in [0.2, 0.25) is 0 Å². The highest BCUT2D eigenvalue weighted by atomic mass is 16.5. The van der Waals surface area contributed by atoms with Gasteiger partial charge in [0.1, 0.15) is 24.7 Å². The Hall–Kier alpha value is -4.57. The van der Waals surface area contributed by atoms with E-state index in [4.69, 9.17) is 9.47 Å². The fourth-order valence-electron chi connectivity index (χ4n) is 3.21. The average Bonchev–Trinajstić information content (AvgIpc) is 3.38. The molecule has 33 heavy (non-hydrogen) atoms. The Balaban J connectivity index is 1.39. The van der Waals surface area contributed by atoms with Crippen LogP contribution in [0.15, 0.2) is 91.5 Å². The highest BCUT2D eigenvalue weighted by Crippen LogP contribution is 2.25. The number of nitrogens with zero attached hydrogens (tertiary/aromatic N) is 3. The van der Waals surface area contributed by atoms with Gasteiger partial charge in [0.05, 0.1) is 30.2 Å². The average molecular weight is 438 g/mol. The molecule has 0 spiro atoms. The number of para-hydroxylation sites is 2. The summed E-state index contributed by atoms with van der Waals surface area (Å²) in [6.45, 7) is 1.33. The van der Waals surface area contributed by atoms with Crippen molar-refractivity contribution in [3.63, 3.8) is 0 Å². The van der Waals surface area contributed by atoms with Crippen LogP contribution in [0.2, 0.25) is 0 Å². The lowest BCUT2D eigenvalue weighted by Crippen LogP contribution is -2.14. The van der Waals surface area contributed by atoms with E-state index in [1.165, 1.54) is 0 Å². The number of aromatic nitrogens is 2. The molecule has 0 unspecified atom stereocenters. The van der Waals surface area contributed by atoms with Crippen LogP contribution in [0.4, 0.5) is 5.69 Å². The number of benzene rings is 3. The van der Waals surface area contributed by atoms with Crippen LogP contribution < -0.4 is 14.8 Å². The van der Waals surface area contributed by atoms with Gasteiger partial charge in [-0.3, -0.25) is 4.79 Å². The number of carbonyl (C=O) groups is 1. The van der Waals surface area contributed by atoms with Gasteiger partial charge >= 0.3 is 0 Å². The van der Waals surface area contributed by atoms with E-state index >= 15 is 0 Å². The molecule has 0 saturated heterocycles. The van der Waals surface area contributed by atoms with E-state index in [2.05, 4.69) is 16.4 Å². The molecule has 1 N–H and O–H groups in total. The first-order valence-electron chi connectivity index (χ1n) is 10.4. The predicted octanol–water partition coefficient (Wildman–Crippen LogP) is 4.67. The van der Waals surface area contributed by atoms with E-state index in [0.717, 1.165) is 5.56 Å². The van der Waals surface area contributed by atoms with E-state index in [0.29, 0.717) is 41.5 Å². The van der Waals surface area contributed by atoms with Crippen molar-refractivity contribution >= 4 is 11.6 Å². The zero-order chi connectivity index (χ0) is 22.9. The molecule has 0 aliphatic carbocycles. The number of nitrogens with one attached hydrogen (secondary N) is 1. The monoisotopic (exact) mass is 438 g/mol. The van der Waals surface area contributed by atoms with Gasteiger partial charge in [0.25, 0.3) is 5.91 Å². The summed E-state index contributed by atoms with van der Waals surface area (Å²) >= 11 is 0. The number of nitriles is 1. The molecular formula is C26H22N4O3. The summed E-state index contributed by atoms with van der Waals surface area (Å²) in [5.74, 6) is 0.857. The SMILES string of the molecule is N#Cc1ccccc1COc1cccc(C(=O)Nc2ccccc2OCCn2ccnc2)c1. The smallest absolute Gasteiger partial charge is 0.255 e. The molecule has 4 rings (SSSR count). The molecule has 0 aliphatic heterocycles. The van der Waals surface area contributed by atoms with E-state index < -0.39 is 0 Å². The van der Waals surface area contributed by atoms with Crippen molar-refractivity contribution in [2.24, 2.45) is 0 Å². The minimum Gasteiger partial charge on any atom is -0.490 e. The summed E-state index contributed by atoms with van der Waals surface area (Å²) in [5, 5.41) is 12.1. The predicted molar refractivity (Wildman–Crippen MR) is 124 cm³/mol. The fourth-order valence-corrected chi connectivity index (χ4v) is 3.21. The topological polar surface area (TPSA) is 89.2 Å². The first kappa shape index (κ1) is 21.7. The fraction of sp³-hybridized carbons (Fsp3) is 0.115. The van der Waals surface area contributed by atoms with Crippen molar-refractivity contribution in [1.29, 1.82) is 5.26 Å². The van der Waals surface area contributed by atoms with Crippen LogP contribution in [0.3, 0.4) is 0 Å². The molecule has 7 heteroatoms. The van der Waals surface area contributed by atoms with E-state index in [1.807, 2.05) is 47.2 Å². The zero-order valence-electron chi connectivity index (χ0n) is 17.8. The van der Waals surface area contributed by atoms with Gasteiger partial charge in [-0.2, -0.15) is 5.26 Å². The molecule has 0 aliphatic rings. The molecule has 1 heterocycles. The van der Waals surface area contributed by atoms with E-state index in [1.54, 1.807) is 48.9 Å². The van der Waals surface area contributed by atoms with Crippen LogP contribution in [-0.4, -0.2) is 22.1 Å². The molecular weight excluding hydrogens is 416 g/mol. The third-order valence-corrected chi connectivity index (χ3v) is 4.93. The standard InChI is InChI=1S/C26H22N4O3/c27-17-21-6-1-2-7-22(21)18-33-23-9-5-8-20(16-23)26(31)29-24-10-3-4-11-25(24)32-15-14-30-13-12-28-19-30/h1-13,16,19H,14-15,18H2,(H,29,31). The Morgan fingerprint density at radius 1 is 1.03 bits per heavy atom. The van der Waals surface area contributed by atoms with Gasteiger partial charge in [-0.25, -0.2) is 4.98 Å². The van der Waals surface area contributed by atoms with Gasteiger partial charge in [0, 0.05) is 23.5 Å². The maximum absolute atomic E-state index is 12.9. The molecule has 4 aromatic rings. The molecule has 0 atom stereocenters. The van der Waals surface area contributed by atoms with Crippen molar-refractivity contribution in [3.8, 4) is 17.6 Å². The molecule has 0 saturated carbocycles. The van der Waals surface area contributed by atoms with Crippen molar-refractivity contribution in [2.45, 2.75) is 13.2 Å². The number of imidazole rings is 1. The van der Waals surface area contributed by atoms with Gasteiger partial charge in [-0.1, -0.05) is 36.4 Å². The lowest BCUT2D eigenvalue weighted by molar-refractivity contribution is 0.102. The zero-order valence-corrected chi connectivity index (χ0v) is 17.8. The van der Waals surface area contributed by atoms with Crippen LogP contribution in [0, 0.1) is 11.3 Å². The minimum absolute atomic E-state index is 0.238. The Kier molecular flexibility index (Phi) is 6.98. The van der Waals surface area contributed by atoms with Gasteiger partial charge < -0.3 is 19.4 Å². The van der Waals surface area contributed by atoms with Gasteiger partial charge in [0.15, 0.2) is 0 Å². The highest BCUT2D eigenvalue weighted by Gasteiger charge is 2.11. The summed E-state index contributed by atoms with van der Waals surface area (Å²) in [6, 6.07) is 23.7. The molecule has 164 valence electrons. The number of hydrogen-bond donors (Lipinski definition) is 1. The minimum atomic E-state index is -0.275. The van der Waals surface area contributed by atoms with Crippen LogP contribution in [0.1, 0.15) is 21.5 Å². The Bertz CT molecular complexity index is 1260. The molecule has 3 aromatic carbocycles. The quantitative estimate of drug-likeness (QED) is 0.410. The molecule has 7 nitrogen and oxygen atoms in total. The molecule has 0 bridgehead atoms. The van der Waals surface area contributed by atoms with Crippen LogP contribution in [0.25, 0.3) is 0 Å². The summed E-state index contributed by atoms with van der Waals surface area (Å²) in [7, 11) is 0. The summed E-state index contributed by atoms with van der Waals surface area (Å²) in [4.78, 5) is 16.9. The first-order chi connectivity index (χ1) is 16.2. The normalized spacial score (nSPS) is 10.3. The lowest BCUT2D eigenvalue weighted by Gasteiger charge is -2.13. The third-order valence-electron chi connectivity index (χ3n) is 4.93. The van der Waals surface area contributed by atoms with Crippen molar-refractivity contribution in [3.05, 3.63) is 108 Å². The second kappa shape index (κ2) is 10.6. The first-order valence-corrected chi connectivity index (χ1v) is 10.4. The Labute approximate surface area is 191 Å². The summed E-state index contributed by atoms with van der Waals surface area (Å²) in [6.07, 6.45) is 5.31. The molecule has 0 radical (unpaired) electrons. The Morgan fingerprint density at radius 2 is 1.88 bits per heavy atom. The van der Waals surface area contributed by atoms with Crippen LogP contribution in [-0.2, 0) is 13.2 Å². The van der Waals surface area contributed by atoms with Crippen molar-refractivity contribution in [2.75, 3.05) is 11.9 Å². The molecule has 1 aromatic heterocycles. The lowest BCUT2D eigenvalue weighted by atomic mass is 10.1. The number of rotatable bonds is 9. The summed E-state index contributed by atoms with van der Waals surface area (Å²) < 4.78 is 13.6. The second-order valence-electron chi connectivity index (χ2n) is 7.18. The van der Waals surface area contributed by atoms with E-state index in [9.17, 15) is 10.1 Å². The van der Waals surface area contributed by atoms with Gasteiger partial charge in [-0.05, 0) is 36.4 Å². The van der Waals surface area contributed by atoms with E-state index in [-0.39, 0.29) is 12.5 Å². The van der Waals surface area contributed by atoms with Crippen molar-refractivity contribution in [1.82, 2.24) is 9.55 Å². The number of amides is 1. The van der Waals surface area contributed by atoms with Gasteiger partial charge in [-0.15, -0.1) is 0 Å². The number of anilines is 1. The Morgan fingerprint density at radius 3 is 2.73 bits per heavy atom. The highest BCUT2D eigenvalue weighted by molar-refractivity contribution is 6.05. The second-order valence-corrected chi connectivity index (χ2v) is 7.18.